The molecule has 0 aromatic rings. The van der Waals surface area contributed by atoms with Crippen LogP contribution in [0.5, 0.6) is 0 Å². The number of carboxylic acid groups (broad SMARTS) is 2. The van der Waals surface area contributed by atoms with E-state index in [1.54, 1.807) is 6.08 Å². The zero-order valence-corrected chi connectivity index (χ0v) is 18.4. The van der Waals surface area contributed by atoms with Crippen LogP contribution in [-0.4, -0.2) is 50.8 Å². The van der Waals surface area contributed by atoms with Gasteiger partial charge < -0.3 is 23.5 Å². The van der Waals surface area contributed by atoms with E-state index in [0.717, 1.165) is 43.7 Å². The van der Waals surface area contributed by atoms with E-state index in [9.17, 15) is 19.8 Å². The third kappa shape index (κ3) is 7.31. The van der Waals surface area contributed by atoms with Crippen molar-refractivity contribution in [3.05, 3.63) is 11.3 Å². The highest BCUT2D eigenvalue weighted by Crippen LogP contribution is 2.36. The highest BCUT2D eigenvalue weighted by atomic mass is 28.4. The van der Waals surface area contributed by atoms with Gasteiger partial charge in [-0.15, -0.1) is 0 Å². The first-order valence-electron chi connectivity index (χ1n) is 10.5. The molecule has 0 saturated carbocycles. The lowest BCUT2D eigenvalue weighted by molar-refractivity contribution is -0.153. The third-order valence-electron chi connectivity index (χ3n) is 4.94. The fourth-order valence-electron chi connectivity index (χ4n) is 3.13. The average molecular weight is 417 g/mol. The molecule has 162 valence electrons. The Balaban J connectivity index is 3.16. The summed E-state index contributed by atoms with van der Waals surface area (Å²) in [6.45, 7) is 7.66. The third-order valence-corrected chi connectivity index (χ3v) is 7.89. The van der Waals surface area contributed by atoms with Crippen molar-refractivity contribution >= 4 is 20.7 Å². The lowest BCUT2D eigenvalue weighted by Gasteiger charge is -2.36. The minimum Gasteiger partial charge on any atom is -0.481 e. The van der Waals surface area contributed by atoms with Gasteiger partial charge in [0.15, 0.2) is 0 Å². The minimum atomic E-state index is -3.25. The molecular formula is C20H36O7Si. The molecule has 0 aromatic carbocycles. The Bertz CT molecular complexity index is 494. The van der Waals surface area contributed by atoms with Gasteiger partial charge in [-0.05, 0) is 37.3 Å². The SMILES string of the molecule is CCCCO[Si](OCCCC)(OCCCC)C1=CCC(C(=O)O)C(C(=O)O)C1. The molecule has 1 aliphatic rings. The van der Waals surface area contributed by atoms with Gasteiger partial charge in [0.1, 0.15) is 0 Å². The molecule has 0 heterocycles. The van der Waals surface area contributed by atoms with E-state index in [0.29, 0.717) is 19.8 Å². The predicted octanol–water partition coefficient (Wildman–Crippen LogP) is 4.04. The summed E-state index contributed by atoms with van der Waals surface area (Å²) in [5, 5.41) is 19.7. The number of carbonyl (C=O) groups is 2. The van der Waals surface area contributed by atoms with E-state index in [1.165, 1.54) is 0 Å². The quantitative estimate of drug-likeness (QED) is 0.307. The molecule has 0 saturated heterocycles. The van der Waals surface area contributed by atoms with Gasteiger partial charge in [-0.25, -0.2) is 0 Å². The molecule has 0 aromatic heterocycles. The number of hydrogen-bond donors (Lipinski definition) is 2. The van der Waals surface area contributed by atoms with E-state index in [-0.39, 0.29) is 12.8 Å². The highest BCUT2D eigenvalue weighted by Gasteiger charge is 2.50. The average Bonchev–Trinajstić information content (AvgIpc) is 2.67. The summed E-state index contributed by atoms with van der Waals surface area (Å²) < 4.78 is 18.6. The van der Waals surface area contributed by atoms with Gasteiger partial charge in [-0.1, -0.05) is 46.1 Å². The first-order chi connectivity index (χ1) is 13.4. The fraction of sp³-hybridized carbons (Fsp3) is 0.800. The molecular weight excluding hydrogens is 380 g/mol. The highest BCUT2D eigenvalue weighted by molar-refractivity contribution is 6.68. The summed E-state index contributed by atoms with van der Waals surface area (Å²) in [4.78, 5) is 23.2. The molecule has 0 amide bonds. The first kappa shape index (κ1) is 24.8. The van der Waals surface area contributed by atoms with Gasteiger partial charge in [0.25, 0.3) is 0 Å². The van der Waals surface area contributed by atoms with Crippen molar-refractivity contribution in [3.8, 4) is 0 Å². The van der Waals surface area contributed by atoms with E-state index in [4.69, 9.17) is 13.3 Å². The summed E-state index contributed by atoms with van der Waals surface area (Å²) >= 11 is 0. The van der Waals surface area contributed by atoms with Crippen LogP contribution in [0.3, 0.4) is 0 Å². The summed E-state index contributed by atoms with van der Waals surface area (Å²) in [6, 6.07) is 0. The number of rotatable bonds is 15. The Morgan fingerprint density at radius 1 is 0.893 bits per heavy atom. The number of allylic oxidation sites excluding steroid dienone is 2. The van der Waals surface area contributed by atoms with Crippen LogP contribution in [0, 0.1) is 11.8 Å². The zero-order valence-electron chi connectivity index (χ0n) is 17.4. The van der Waals surface area contributed by atoms with E-state index in [1.807, 2.05) is 0 Å². The second-order valence-corrected chi connectivity index (χ2v) is 9.84. The van der Waals surface area contributed by atoms with Gasteiger partial charge in [0.05, 0.1) is 11.8 Å². The van der Waals surface area contributed by atoms with Crippen LogP contribution in [0.15, 0.2) is 11.3 Å². The normalized spacial score (nSPS) is 20.0. The molecule has 8 heteroatoms. The van der Waals surface area contributed by atoms with Crippen LogP contribution >= 0.6 is 0 Å². The minimum absolute atomic E-state index is 0.100. The maximum Gasteiger partial charge on any atom is 0.532 e. The summed E-state index contributed by atoms with van der Waals surface area (Å²) in [6.07, 6.45) is 7.52. The predicted molar refractivity (Wildman–Crippen MR) is 108 cm³/mol. The summed E-state index contributed by atoms with van der Waals surface area (Å²) in [7, 11) is -3.25. The van der Waals surface area contributed by atoms with Gasteiger partial charge >= 0.3 is 20.7 Å². The molecule has 7 nitrogen and oxygen atoms in total. The van der Waals surface area contributed by atoms with Crippen LogP contribution in [-0.2, 0) is 22.9 Å². The lowest BCUT2D eigenvalue weighted by Crippen LogP contribution is -2.51. The van der Waals surface area contributed by atoms with Crippen molar-refractivity contribution in [1.29, 1.82) is 0 Å². The first-order valence-corrected chi connectivity index (χ1v) is 12.2. The fourth-order valence-corrected chi connectivity index (χ4v) is 6.02. The Hall–Kier alpha value is -1.22. The second kappa shape index (κ2) is 13.1. The molecule has 1 aliphatic carbocycles. The monoisotopic (exact) mass is 416 g/mol. The largest absolute Gasteiger partial charge is 0.532 e. The molecule has 0 fully saturated rings. The number of carboxylic acids is 2. The molecule has 2 N–H and O–H groups in total. The summed E-state index contributed by atoms with van der Waals surface area (Å²) in [5.41, 5.74) is 0. The molecule has 0 spiro atoms. The van der Waals surface area contributed by atoms with Crippen LogP contribution in [0.1, 0.15) is 72.1 Å². The van der Waals surface area contributed by atoms with Crippen LogP contribution in [0.4, 0.5) is 0 Å². The Kier molecular flexibility index (Phi) is 11.6. The van der Waals surface area contributed by atoms with Gasteiger partial charge in [-0.2, -0.15) is 0 Å². The van der Waals surface area contributed by atoms with Crippen LogP contribution in [0.2, 0.25) is 0 Å². The van der Waals surface area contributed by atoms with Crippen molar-refractivity contribution in [3.63, 3.8) is 0 Å². The van der Waals surface area contributed by atoms with Crippen molar-refractivity contribution in [2.75, 3.05) is 19.8 Å². The number of aliphatic carboxylic acids is 2. The van der Waals surface area contributed by atoms with Crippen molar-refractivity contribution in [1.82, 2.24) is 0 Å². The van der Waals surface area contributed by atoms with Crippen LogP contribution < -0.4 is 0 Å². The van der Waals surface area contributed by atoms with E-state index >= 15 is 0 Å². The zero-order chi connectivity index (χ0) is 21.0. The Labute approximate surface area is 169 Å². The second-order valence-electron chi connectivity index (χ2n) is 7.22. The Morgan fingerprint density at radius 3 is 1.68 bits per heavy atom. The molecule has 2 unspecified atom stereocenters. The molecule has 28 heavy (non-hydrogen) atoms. The van der Waals surface area contributed by atoms with Crippen molar-refractivity contribution < 1.29 is 33.1 Å². The topological polar surface area (TPSA) is 102 Å². The Morgan fingerprint density at radius 2 is 1.32 bits per heavy atom. The number of unbranched alkanes of at least 4 members (excludes halogenated alkanes) is 3. The molecule has 0 radical (unpaired) electrons. The maximum absolute atomic E-state index is 11.7. The van der Waals surface area contributed by atoms with Gasteiger partial charge in [0.2, 0.25) is 0 Å². The number of hydrogen-bond acceptors (Lipinski definition) is 5. The standard InChI is InChI=1S/C20H36O7Si/c1-4-7-12-25-28(26-13-8-5-2,27-14-9-6-3)16-10-11-17(19(21)22)18(15-16)20(23)24/h10,17-18H,4-9,11-15H2,1-3H3,(H,21,22)(H,23,24). The molecule has 0 bridgehead atoms. The maximum atomic E-state index is 11.7. The van der Waals surface area contributed by atoms with Crippen molar-refractivity contribution in [2.45, 2.75) is 72.1 Å². The molecule has 0 aliphatic heterocycles. The van der Waals surface area contributed by atoms with Crippen molar-refractivity contribution in [2.24, 2.45) is 11.8 Å². The van der Waals surface area contributed by atoms with Gasteiger partial charge in [-0.3, -0.25) is 9.59 Å². The van der Waals surface area contributed by atoms with E-state index in [2.05, 4.69) is 20.8 Å². The molecule has 1 rings (SSSR count). The van der Waals surface area contributed by atoms with E-state index < -0.39 is 32.6 Å². The molecule has 2 atom stereocenters. The lowest BCUT2D eigenvalue weighted by atomic mass is 9.83. The van der Waals surface area contributed by atoms with Gasteiger partial charge in [0, 0.05) is 19.8 Å². The smallest absolute Gasteiger partial charge is 0.481 e. The van der Waals surface area contributed by atoms with Crippen LogP contribution in [0.25, 0.3) is 0 Å². The summed E-state index contributed by atoms with van der Waals surface area (Å²) in [5.74, 6) is -4.11.